The van der Waals surface area contributed by atoms with Crippen LogP contribution in [0.2, 0.25) is 0 Å². The molecule has 4 heteroatoms. The van der Waals surface area contributed by atoms with Crippen LogP contribution in [0.15, 0.2) is 48.5 Å². The number of nitrogens with zero attached hydrogens (tertiary/aromatic N) is 1. The zero-order valence-electron chi connectivity index (χ0n) is 28.0. The highest BCUT2D eigenvalue weighted by atomic mass is 16.3. The molecule has 238 valence electrons. The molecule has 0 fully saturated rings. The number of anilines is 1. The van der Waals surface area contributed by atoms with E-state index in [2.05, 4.69) is 19.1 Å². The summed E-state index contributed by atoms with van der Waals surface area (Å²) >= 11 is 0. The van der Waals surface area contributed by atoms with Crippen LogP contribution < -0.4 is 4.90 Å². The van der Waals surface area contributed by atoms with E-state index >= 15 is 0 Å². The molecule has 1 aliphatic heterocycles. The van der Waals surface area contributed by atoms with Crippen molar-refractivity contribution in [3.63, 3.8) is 0 Å². The van der Waals surface area contributed by atoms with Crippen LogP contribution in [-0.4, -0.2) is 22.7 Å². The van der Waals surface area contributed by atoms with E-state index in [1.54, 1.807) is 0 Å². The maximum atomic E-state index is 14.9. The molecule has 4 nitrogen and oxygen atoms in total. The first-order valence-electron chi connectivity index (χ1n) is 17.3. The summed E-state index contributed by atoms with van der Waals surface area (Å²) in [6, 6.07) is 16.0. The van der Waals surface area contributed by atoms with Gasteiger partial charge in [0, 0.05) is 17.8 Å². The van der Waals surface area contributed by atoms with E-state index < -0.39 is 5.41 Å². The van der Waals surface area contributed by atoms with E-state index in [0.717, 1.165) is 57.5 Å². The summed E-state index contributed by atoms with van der Waals surface area (Å²) in [6.07, 6.45) is 18.3. The molecular formula is C40H55NO3. The Morgan fingerprint density at radius 2 is 0.977 bits per heavy atom. The molecule has 0 radical (unpaired) electrons. The van der Waals surface area contributed by atoms with Crippen molar-refractivity contribution in [2.45, 2.75) is 130 Å². The third-order valence-corrected chi connectivity index (χ3v) is 9.75. The average molecular weight is 598 g/mol. The molecule has 4 rings (SSSR count). The lowest BCUT2D eigenvalue weighted by Crippen LogP contribution is -2.42. The quantitative estimate of drug-likeness (QED) is 0.152. The molecule has 0 saturated heterocycles. The minimum Gasteiger partial charge on any atom is -0.507 e. The van der Waals surface area contributed by atoms with Gasteiger partial charge in [-0.25, -0.2) is 0 Å². The third kappa shape index (κ3) is 7.16. The number of carbonyl (C=O) groups is 1. The molecule has 44 heavy (non-hydrogen) atoms. The fourth-order valence-electron chi connectivity index (χ4n) is 7.21. The first-order valence-corrected chi connectivity index (χ1v) is 17.3. The Morgan fingerprint density at radius 3 is 1.41 bits per heavy atom. The Morgan fingerprint density at radius 1 is 0.591 bits per heavy atom. The molecule has 0 aromatic heterocycles. The number of aryl methyl sites for hydroxylation is 4. The fraction of sp³-hybridized carbons (Fsp3) is 0.525. The largest absolute Gasteiger partial charge is 0.507 e. The summed E-state index contributed by atoms with van der Waals surface area (Å²) in [7, 11) is 0. The minimum atomic E-state index is -1.06. The molecule has 1 aliphatic rings. The van der Waals surface area contributed by atoms with Crippen molar-refractivity contribution in [2.75, 3.05) is 11.4 Å². The van der Waals surface area contributed by atoms with Gasteiger partial charge in [0.05, 0.1) is 0 Å². The minimum absolute atomic E-state index is 0.0439. The van der Waals surface area contributed by atoms with Gasteiger partial charge in [-0.1, -0.05) is 133 Å². The number of carbonyl (C=O) groups excluding carboxylic acids is 1. The normalized spacial score (nSPS) is 13.9. The molecule has 3 aromatic carbocycles. The van der Waals surface area contributed by atoms with Gasteiger partial charge in [-0.15, -0.1) is 0 Å². The monoisotopic (exact) mass is 597 g/mol. The summed E-state index contributed by atoms with van der Waals surface area (Å²) in [5.41, 5.74) is 5.59. The summed E-state index contributed by atoms with van der Waals surface area (Å²) < 4.78 is 0. The van der Waals surface area contributed by atoms with Crippen LogP contribution >= 0.6 is 0 Å². The van der Waals surface area contributed by atoms with Gasteiger partial charge >= 0.3 is 0 Å². The Hall–Kier alpha value is -3.27. The predicted octanol–water partition coefficient (Wildman–Crippen LogP) is 10.5. The zero-order chi connectivity index (χ0) is 31.7. The molecule has 0 atom stereocenters. The molecule has 0 bridgehead atoms. The standard InChI is InChI=1S/C40H55NO3/c1-6-7-8-9-10-11-12-13-14-15-16-17-18-21-24-41-36-23-20-19-22-35(36)40(39(41)44,33-25-29(2)37(42)30(3)26-33)34-27-31(4)38(43)32(5)28-34/h19-20,22-23,25-28,42-43H,6-18,21,24H2,1-5H3. The van der Waals surface area contributed by atoms with E-state index in [9.17, 15) is 15.0 Å². The highest BCUT2D eigenvalue weighted by Crippen LogP contribution is 2.52. The molecule has 0 unspecified atom stereocenters. The molecule has 1 heterocycles. The first-order chi connectivity index (χ1) is 21.2. The van der Waals surface area contributed by atoms with Gasteiger partial charge in [-0.05, 0) is 73.6 Å². The van der Waals surface area contributed by atoms with Gasteiger partial charge in [-0.3, -0.25) is 4.79 Å². The molecule has 2 N–H and O–H groups in total. The van der Waals surface area contributed by atoms with Crippen molar-refractivity contribution >= 4 is 11.6 Å². The van der Waals surface area contributed by atoms with Crippen LogP contribution in [0.4, 0.5) is 5.69 Å². The van der Waals surface area contributed by atoms with Gasteiger partial charge in [0.25, 0.3) is 0 Å². The van der Waals surface area contributed by atoms with Crippen LogP contribution in [-0.2, 0) is 10.2 Å². The number of benzene rings is 3. The Labute approximate surface area is 266 Å². The Kier molecular flexibility index (Phi) is 11.9. The van der Waals surface area contributed by atoms with Crippen molar-refractivity contribution in [1.82, 2.24) is 0 Å². The van der Waals surface area contributed by atoms with E-state index in [-0.39, 0.29) is 17.4 Å². The van der Waals surface area contributed by atoms with E-state index in [1.807, 2.05) is 69.0 Å². The van der Waals surface area contributed by atoms with Crippen LogP contribution in [0.1, 0.15) is 136 Å². The van der Waals surface area contributed by atoms with Crippen LogP contribution in [0.25, 0.3) is 0 Å². The van der Waals surface area contributed by atoms with Gasteiger partial charge in [0.1, 0.15) is 16.9 Å². The Bertz CT molecular complexity index is 1300. The van der Waals surface area contributed by atoms with Crippen molar-refractivity contribution in [3.8, 4) is 11.5 Å². The molecular weight excluding hydrogens is 542 g/mol. The fourth-order valence-corrected chi connectivity index (χ4v) is 7.21. The highest BCUT2D eigenvalue weighted by Gasteiger charge is 2.53. The second-order valence-electron chi connectivity index (χ2n) is 13.2. The number of phenols is 2. The van der Waals surface area contributed by atoms with Crippen molar-refractivity contribution in [3.05, 3.63) is 87.5 Å². The smallest absolute Gasteiger partial charge is 0.246 e. The molecule has 0 saturated carbocycles. The highest BCUT2D eigenvalue weighted by molar-refractivity contribution is 6.13. The first kappa shape index (κ1) is 33.6. The van der Waals surface area contributed by atoms with E-state index in [4.69, 9.17) is 0 Å². The van der Waals surface area contributed by atoms with Crippen molar-refractivity contribution in [2.24, 2.45) is 0 Å². The number of para-hydroxylation sites is 1. The van der Waals surface area contributed by atoms with Crippen LogP contribution in [0.3, 0.4) is 0 Å². The van der Waals surface area contributed by atoms with Crippen LogP contribution in [0.5, 0.6) is 11.5 Å². The number of amides is 1. The number of phenolic OH excluding ortho intramolecular Hbond substituents is 2. The predicted molar refractivity (Wildman–Crippen MR) is 184 cm³/mol. The summed E-state index contributed by atoms with van der Waals surface area (Å²) in [5, 5.41) is 21.3. The summed E-state index contributed by atoms with van der Waals surface area (Å²) in [5.74, 6) is 0.572. The number of hydrogen-bond donors (Lipinski definition) is 2. The maximum Gasteiger partial charge on any atom is 0.246 e. The lowest BCUT2D eigenvalue weighted by atomic mass is 9.69. The van der Waals surface area contributed by atoms with Gasteiger partial charge in [0.2, 0.25) is 5.91 Å². The SMILES string of the molecule is CCCCCCCCCCCCCCCCN1C(=O)C(c2cc(C)c(O)c(C)c2)(c2cc(C)c(O)c(C)c2)c2ccccc21. The lowest BCUT2D eigenvalue weighted by molar-refractivity contribution is -0.120. The van der Waals surface area contributed by atoms with Crippen molar-refractivity contribution < 1.29 is 15.0 Å². The van der Waals surface area contributed by atoms with Gasteiger partial charge in [0.15, 0.2) is 0 Å². The second-order valence-corrected chi connectivity index (χ2v) is 13.2. The number of fused-ring (bicyclic) bond motifs is 1. The van der Waals surface area contributed by atoms with E-state index in [1.165, 1.54) is 77.0 Å². The molecule has 0 spiro atoms. The maximum absolute atomic E-state index is 14.9. The van der Waals surface area contributed by atoms with E-state index in [0.29, 0.717) is 6.54 Å². The second kappa shape index (κ2) is 15.6. The number of unbranched alkanes of at least 4 members (excludes halogenated alkanes) is 13. The number of rotatable bonds is 17. The molecule has 1 amide bonds. The molecule has 3 aromatic rings. The van der Waals surface area contributed by atoms with Gasteiger partial charge in [-0.2, -0.15) is 0 Å². The topological polar surface area (TPSA) is 60.8 Å². The summed E-state index contributed by atoms with van der Waals surface area (Å²) in [4.78, 5) is 16.9. The lowest BCUT2D eigenvalue weighted by Gasteiger charge is -2.32. The zero-order valence-corrected chi connectivity index (χ0v) is 28.0. The average Bonchev–Trinajstić information content (AvgIpc) is 3.26. The van der Waals surface area contributed by atoms with Crippen molar-refractivity contribution in [1.29, 1.82) is 0 Å². The Balaban J connectivity index is 1.46. The summed E-state index contributed by atoms with van der Waals surface area (Å²) in [6.45, 7) is 10.5. The molecule has 0 aliphatic carbocycles. The third-order valence-electron chi connectivity index (χ3n) is 9.75. The van der Waals surface area contributed by atoms with Crippen LogP contribution in [0, 0.1) is 27.7 Å². The number of hydrogen-bond acceptors (Lipinski definition) is 3. The number of aromatic hydroxyl groups is 2. The van der Waals surface area contributed by atoms with Gasteiger partial charge < -0.3 is 15.1 Å².